The Hall–Kier alpha value is -2.51. The minimum absolute atomic E-state index is 0.163. The molecule has 0 spiro atoms. The van der Waals surface area contributed by atoms with Crippen molar-refractivity contribution in [1.29, 1.82) is 0 Å². The van der Waals surface area contributed by atoms with Crippen molar-refractivity contribution in [2.75, 3.05) is 44.2 Å². The zero-order valence-corrected chi connectivity index (χ0v) is 17.7. The van der Waals surface area contributed by atoms with Crippen molar-refractivity contribution >= 4 is 33.1 Å². The molecule has 2 fully saturated rings. The van der Waals surface area contributed by atoms with Gasteiger partial charge in [-0.1, -0.05) is 24.3 Å². The Kier molecular flexibility index (Phi) is 5.39. The fourth-order valence-electron chi connectivity index (χ4n) is 4.51. The van der Waals surface area contributed by atoms with Crippen LogP contribution in [0.25, 0.3) is 10.2 Å². The highest BCUT2D eigenvalue weighted by atomic mass is 32.1. The number of carbonyl (C=O) groups is 1. The summed E-state index contributed by atoms with van der Waals surface area (Å²) in [6, 6.07) is 15.3. The van der Waals surface area contributed by atoms with Crippen molar-refractivity contribution in [3.63, 3.8) is 0 Å². The zero-order chi connectivity index (χ0) is 20.5. The fourth-order valence-corrected chi connectivity index (χ4v) is 5.64. The largest absolute Gasteiger partial charge is 0.366 e. The van der Waals surface area contributed by atoms with Crippen LogP contribution in [0.15, 0.2) is 48.5 Å². The Morgan fingerprint density at radius 2 is 1.80 bits per heavy atom. The number of anilines is 1. The summed E-state index contributed by atoms with van der Waals surface area (Å²) in [6.07, 6.45) is 2.14. The number of fused-ring (bicyclic) bond motifs is 1. The van der Waals surface area contributed by atoms with E-state index in [-0.39, 0.29) is 17.8 Å². The second-order valence-electron chi connectivity index (χ2n) is 7.97. The first-order valence-electron chi connectivity index (χ1n) is 10.6. The molecule has 3 aromatic rings. The number of nitrogens with zero attached hydrogens (tertiary/aromatic N) is 4. The van der Waals surface area contributed by atoms with E-state index >= 15 is 0 Å². The van der Waals surface area contributed by atoms with Crippen LogP contribution in [0.1, 0.15) is 23.9 Å². The van der Waals surface area contributed by atoms with Gasteiger partial charge in [0.15, 0.2) is 0 Å². The normalized spacial score (nSPS) is 20.2. The van der Waals surface area contributed by atoms with Gasteiger partial charge in [-0.3, -0.25) is 9.69 Å². The average molecular weight is 425 g/mol. The molecule has 7 heteroatoms. The fraction of sp³-hybridized carbons (Fsp3) is 0.391. The molecule has 1 aromatic heterocycles. The van der Waals surface area contributed by atoms with Gasteiger partial charge in [0, 0.05) is 26.2 Å². The Bertz CT molecular complexity index is 1010. The van der Waals surface area contributed by atoms with E-state index in [4.69, 9.17) is 4.98 Å². The van der Waals surface area contributed by atoms with Crippen LogP contribution in [0.4, 0.5) is 10.1 Å². The number of hydrogen-bond donors (Lipinski definition) is 0. The van der Waals surface area contributed by atoms with Gasteiger partial charge in [0.2, 0.25) is 5.91 Å². The minimum atomic E-state index is -0.201. The molecule has 2 aliphatic heterocycles. The van der Waals surface area contributed by atoms with Crippen molar-refractivity contribution in [3.8, 4) is 0 Å². The molecular weight excluding hydrogens is 399 g/mol. The first-order valence-corrected chi connectivity index (χ1v) is 11.4. The monoisotopic (exact) mass is 424 g/mol. The van der Waals surface area contributed by atoms with E-state index in [1.807, 2.05) is 28.0 Å². The van der Waals surface area contributed by atoms with Crippen molar-refractivity contribution < 1.29 is 9.18 Å². The highest BCUT2D eigenvalue weighted by Gasteiger charge is 2.32. The smallest absolute Gasteiger partial charge is 0.236 e. The lowest BCUT2D eigenvalue weighted by Gasteiger charge is -2.37. The molecule has 1 unspecified atom stereocenters. The van der Waals surface area contributed by atoms with Crippen LogP contribution in [0.3, 0.4) is 0 Å². The van der Waals surface area contributed by atoms with Crippen LogP contribution in [0.5, 0.6) is 0 Å². The number of carbonyl (C=O) groups excluding carboxylic acids is 1. The molecule has 3 heterocycles. The lowest BCUT2D eigenvalue weighted by atomic mass is 10.2. The first-order chi connectivity index (χ1) is 14.7. The number of halogens is 1. The number of aromatic nitrogens is 1. The van der Waals surface area contributed by atoms with Gasteiger partial charge in [0.1, 0.15) is 10.8 Å². The van der Waals surface area contributed by atoms with E-state index in [1.54, 1.807) is 23.5 Å². The predicted molar refractivity (Wildman–Crippen MR) is 118 cm³/mol. The molecule has 1 amide bonds. The van der Waals surface area contributed by atoms with E-state index in [9.17, 15) is 9.18 Å². The first kappa shape index (κ1) is 19.5. The van der Waals surface area contributed by atoms with Gasteiger partial charge in [0.25, 0.3) is 0 Å². The van der Waals surface area contributed by atoms with Gasteiger partial charge in [-0.25, -0.2) is 9.37 Å². The third-order valence-corrected chi connectivity index (χ3v) is 7.26. The van der Waals surface area contributed by atoms with Gasteiger partial charge in [-0.05, 0) is 43.7 Å². The maximum Gasteiger partial charge on any atom is 0.236 e. The minimum Gasteiger partial charge on any atom is -0.366 e. The SMILES string of the molecule is O=C(CN1CCCC1c1nc2ccccc2s1)N1CCN(c2ccccc2F)CC1. The third-order valence-electron chi connectivity index (χ3n) is 6.12. The number of benzene rings is 2. The molecular formula is C23H25FN4OS. The van der Waals surface area contributed by atoms with Crippen LogP contribution in [-0.4, -0.2) is 60.0 Å². The maximum absolute atomic E-state index is 14.0. The molecule has 0 radical (unpaired) electrons. The molecule has 5 nitrogen and oxygen atoms in total. The molecule has 0 bridgehead atoms. The summed E-state index contributed by atoms with van der Waals surface area (Å²) < 4.78 is 15.3. The molecule has 5 rings (SSSR count). The summed E-state index contributed by atoms with van der Waals surface area (Å²) in [7, 11) is 0. The molecule has 1 atom stereocenters. The van der Waals surface area contributed by atoms with Gasteiger partial charge in [-0.2, -0.15) is 0 Å². The number of rotatable bonds is 4. The second kappa shape index (κ2) is 8.32. The molecule has 156 valence electrons. The van der Waals surface area contributed by atoms with Crippen molar-refractivity contribution in [3.05, 3.63) is 59.4 Å². The zero-order valence-electron chi connectivity index (χ0n) is 16.8. The molecule has 2 saturated heterocycles. The van der Waals surface area contributed by atoms with E-state index in [2.05, 4.69) is 17.0 Å². The second-order valence-corrected chi connectivity index (χ2v) is 9.03. The van der Waals surface area contributed by atoms with Crippen molar-refractivity contribution in [2.45, 2.75) is 18.9 Å². The standard InChI is InChI=1S/C23H25FN4OS/c24-17-6-1-3-8-19(17)26-12-14-27(15-13-26)22(29)16-28-11-5-9-20(28)23-25-18-7-2-4-10-21(18)30-23/h1-4,6-8,10,20H,5,9,11-16H2. The molecule has 2 aliphatic rings. The average Bonchev–Trinajstić information content (AvgIpc) is 3.40. The number of hydrogen-bond acceptors (Lipinski definition) is 5. The maximum atomic E-state index is 14.0. The van der Waals surface area contributed by atoms with Crippen molar-refractivity contribution in [1.82, 2.24) is 14.8 Å². The lowest BCUT2D eigenvalue weighted by molar-refractivity contribution is -0.133. The summed E-state index contributed by atoms with van der Waals surface area (Å²) in [6.45, 7) is 3.95. The van der Waals surface area contributed by atoms with Gasteiger partial charge in [-0.15, -0.1) is 11.3 Å². The molecule has 30 heavy (non-hydrogen) atoms. The van der Waals surface area contributed by atoms with Gasteiger partial charge < -0.3 is 9.80 Å². The topological polar surface area (TPSA) is 39.7 Å². The highest BCUT2D eigenvalue weighted by molar-refractivity contribution is 7.18. The summed E-state index contributed by atoms with van der Waals surface area (Å²) in [5, 5.41) is 1.12. The molecule has 0 saturated carbocycles. The van der Waals surface area contributed by atoms with Crippen LogP contribution < -0.4 is 4.90 Å². The van der Waals surface area contributed by atoms with Crippen LogP contribution in [0.2, 0.25) is 0 Å². The Balaban J connectivity index is 1.21. The van der Waals surface area contributed by atoms with Crippen LogP contribution >= 0.6 is 11.3 Å². The third kappa shape index (κ3) is 3.79. The van der Waals surface area contributed by atoms with E-state index < -0.39 is 0 Å². The number of piperazine rings is 1. The number of para-hydroxylation sites is 2. The molecule has 2 aromatic carbocycles. The summed E-state index contributed by atoms with van der Waals surface area (Å²) >= 11 is 1.74. The number of amides is 1. The van der Waals surface area contributed by atoms with E-state index in [0.29, 0.717) is 38.4 Å². The molecule has 0 aliphatic carbocycles. The van der Waals surface area contributed by atoms with Gasteiger partial charge >= 0.3 is 0 Å². The lowest BCUT2D eigenvalue weighted by Crippen LogP contribution is -2.51. The van der Waals surface area contributed by atoms with Crippen LogP contribution in [-0.2, 0) is 4.79 Å². The summed E-state index contributed by atoms with van der Waals surface area (Å²) in [5.41, 5.74) is 1.67. The highest BCUT2D eigenvalue weighted by Crippen LogP contribution is 2.36. The van der Waals surface area contributed by atoms with Crippen LogP contribution in [0, 0.1) is 5.82 Å². The van der Waals surface area contributed by atoms with E-state index in [0.717, 1.165) is 29.9 Å². The van der Waals surface area contributed by atoms with Gasteiger partial charge in [0.05, 0.1) is 28.5 Å². The Morgan fingerprint density at radius 3 is 2.60 bits per heavy atom. The molecule has 0 N–H and O–H groups in total. The quantitative estimate of drug-likeness (QED) is 0.637. The van der Waals surface area contributed by atoms with E-state index in [1.165, 1.54) is 10.8 Å². The Morgan fingerprint density at radius 1 is 1.03 bits per heavy atom. The predicted octanol–water partition coefficient (Wildman–Crippen LogP) is 3.92. The number of thiazole rings is 1. The number of likely N-dealkylation sites (tertiary alicyclic amines) is 1. The Labute approximate surface area is 179 Å². The summed E-state index contributed by atoms with van der Waals surface area (Å²) in [4.78, 5) is 24.0. The summed E-state index contributed by atoms with van der Waals surface area (Å²) in [5.74, 6) is -0.0378. The van der Waals surface area contributed by atoms with Crippen molar-refractivity contribution in [2.24, 2.45) is 0 Å².